The van der Waals surface area contributed by atoms with Crippen LogP contribution < -0.4 is 5.32 Å². The molecule has 1 aromatic rings. The molecule has 0 fully saturated rings. The van der Waals surface area contributed by atoms with Gasteiger partial charge in [-0.3, -0.25) is 9.59 Å². The zero-order valence-electron chi connectivity index (χ0n) is 9.73. The first-order valence-corrected chi connectivity index (χ1v) is 5.99. The number of thiophene rings is 1. The Balaban J connectivity index is 2.47. The first-order valence-electron chi connectivity index (χ1n) is 5.11. The molecule has 1 amide bonds. The monoisotopic (exact) mass is 257 g/mol. The molecule has 1 aromatic heterocycles. The summed E-state index contributed by atoms with van der Waals surface area (Å²) >= 11 is 1.36. The van der Waals surface area contributed by atoms with Crippen molar-refractivity contribution in [2.24, 2.45) is 0 Å². The van der Waals surface area contributed by atoms with Gasteiger partial charge >= 0.3 is 5.97 Å². The van der Waals surface area contributed by atoms with E-state index in [0.717, 1.165) is 5.56 Å². The van der Waals surface area contributed by atoms with Gasteiger partial charge < -0.3 is 15.2 Å². The molecule has 1 unspecified atom stereocenters. The molecule has 1 heterocycles. The Kier molecular flexibility index (Phi) is 5.11. The van der Waals surface area contributed by atoms with Crippen LogP contribution in [0.3, 0.4) is 0 Å². The molecule has 0 spiro atoms. The molecular formula is C11H15NO4S. The first-order chi connectivity index (χ1) is 8.04. The van der Waals surface area contributed by atoms with Crippen molar-refractivity contribution in [2.45, 2.75) is 19.4 Å². The number of aryl methyl sites for hydroxylation is 1. The molecule has 5 nitrogen and oxygen atoms in total. The van der Waals surface area contributed by atoms with E-state index in [1.165, 1.54) is 18.4 Å². The number of nitrogens with one attached hydrogen (secondary N) is 1. The van der Waals surface area contributed by atoms with Gasteiger partial charge in [-0.05, 0) is 23.9 Å². The van der Waals surface area contributed by atoms with E-state index in [-0.39, 0.29) is 18.9 Å². The predicted octanol–water partition coefficient (Wildman–Crippen LogP) is 1.28. The van der Waals surface area contributed by atoms with Gasteiger partial charge in [0.2, 0.25) is 0 Å². The Hall–Kier alpha value is -1.40. The molecule has 6 heteroatoms. The fraction of sp³-hybridized carbons (Fsp3) is 0.455. The lowest BCUT2D eigenvalue weighted by Gasteiger charge is -2.13. The summed E-state index contributed by atoms with van der Waals surface area (Å²) in [6, 6.07) is 1.87. The number of rotatable bonds is 6. The predicted molar refractivity (Wildman–Crippen MR) is 64.4 cm³/mol. The van der Waals surface area contributed by atoms with E-state index >= 15 is 0 Å². The van der Waals surface area contributed by atoms with Crippen molar-refractivity contribution < 1.29 is 19.4 Å². The quantitative estimate of drug-likeness (QED) is 0.805. The highest BCUT2D eigenvalue weighted by Gasteiger charge is 2.15. The van der Waals surface area contributed by atoms with Crippen LogP contribution in [0.2, 0.25) is 0 Å². The minimum atomic E-state index is -0.946. The van der Waals surface area contributed by atoms with Gasteiger partial charge in [-0.1, -0.05) is 0 Å². The van der Waals surface area contributed by atoms with Crippen LogP contribution >= 0.6 is 11.3 Å². The van der Waals surface area contributed by atoms with E-state index in [4.69, 9.17) is 9.84 Å². The van der Waals surface area contributed by atoms with E-state index in [0.29, 0.717) is 4.88 Å². The number of aliphatic carboxylic acids is 1. The number of ether oxygens (including phenoxy) is 1. The van der Waals surface area contributed by atoms with Gasteiger partial charge in [0.05, 0.1) is 17.4 Å². The second-order valence-electron chi connectivity index (χ2n) is 3.60. The standard InChI is InChI=1S/C11H15NO4S/c1-7-3-4-17-10(7)11(15)12-6-8(16-2)5-9(13)14/h3-4,8H,5-6H2,1-2H3,(H,12,15)(H,13,14). The summed E-state index contributed by atoms with van der Waals surface area (Å²) in [7, 11) is 1.43. The van der Waals surface area contributed by atoms with E-state index < -0.39 is 12.1 Å². The summed E-state index contributed by atoms with van der Waals surface area (Å²) in [6.07, 6.45) is -0.628. The molecule has 2 N–H and O–H groups in total. The Morgan fingerprint density at radius 3 is 2.76 bits per heavy atom. The molecule has 0 bridgehead atoms. The van der Waals surface area contributed by atoms with Crippen molar-refractivity contribution in [3.05, 3.63) is 21.9 Å². The summed E-state index contributed by atoms with van der Waals surface area (Å²) in [4.78, 5) is 22.9. The van der Waals surface area contributed by atoms with Crippen molar-refractivity contribution in [1.29, 1.82) is 0 Å². The number of carboxylic acids is 1. The SMILES string of the molecule is COC(CNC(=O)c1sccc1C)CC(=O)O. The minimum absolute atomic E-state index is 0.125. The van der Waals surface area contributed by atoms with Gasteiger partial charge in [0, 0.05) is 13.7 Å². The summed E-state index contributed by atoms with van der Waals surface area (Å²) in [5.74, 6) is -1.14. The Morgan fingerprint density at radius 1 is 1.59 bits per heavy atom. The van der Waals surface area contributed by atoms with E-state index in [2.05, 4.69) is 5.32 Å². The highest BCUT2D eigenvalue weighted by Crippen LogP contribution is 2.14. The van der Waals surface area contributed by atoms with E-state index in [1.807, 2.05) is 18.4 Å². The maximum atomic E-state index is 11.7. The number of amides is 1. The maximum Gasteiger partial charge on any atom is 0.306 e. The lowest BCUT2D eigenvalue weighted by molar-refractivity contribution is -0.139. The van der Waals surface area contributed by atoms with Gasteiger partial charge in [-0.2, -0.15) is 0 Å². The van der Waals surface area contributed by atoms with Gasteiger partial charge in [0.15, 0.2) is 0 Å². The average molecular weight is 257 g/mol. The van der Waals surface area contributed by atoms with Crippen molar-refractivity contribution in [1.82, 2.24) is 5.32 Å². The van der Waals surface area contributed by atoms with Crippen molar-refractivity contribution in [3.63, 3.8) is 0 Å². The smallest absolute Gasteiger partial charge is 0.306 e. The van der Waals surface area contributed by atoms with Gasteiger partial charge in [0.25, 0.3) is 5.91 Å². The Labute approximate surface area is 103 Å². The molecule has 17 heavy (non-hydrogen) atoms. The van der Waals surface area contributed by atoms with E-state index in [9.17, 15) is 9.59 Å². The van der Waals surface area contributed by atoms with Crippen molar-refractivity contribution in [2.75, 3.05) is 13.7 Å². The topological polar surface area (TPSA) is 75.6 Å². The van der Waals surface area contributed by atoms with Crippen LogP contribution in [0.15, 0.2) is 11.4 Å². The number of carbonyl (C=O) groups excluding carboxylic acids is 1. The molecule has 1 rings (SSSR count). The Morgan fingerprint density at radius 2 is 2.29 bits per heavy atom. The van der Waals surface area contributed by atoms with Gasteiger partial charge in [-0.25, -0.2) is 0 Å². The molecule has 1 atom stereocenters. The van der Waals surface area contributed by atoms with E-state index in [1.54, 1.807) is 0 Å². The largest absolute Gasteiger partial charge is 0.481 e. The van der Waals surface area contributed by atoms with Gasteiger partial charge in [0.1, 0.15) is 0 Å². The van der Waals surface area contributed by atoms with Crippen LogP contribution in [0.25, 0.3) is 0 Å². The summed E-state index contributed by atoms with van der Waals surface area (Å²) in [5.41, 5.74) is 0.916. The zero-order valence-corrected chi connectivity index (χ0v) is 10.5. The lowest BCUT2D eigenvalue weighted by atomic mass is 10.2. The van der Waals surface area contributed by atoms with Crippen LogP contribution in [-0.4, -0.2) is 36.7 Å². The molecule has 94 valence electrons. The van der Waals surface area contributed by atoms with Crippen LogP contribution in [0.4, 0.5) is 0 Å². The highest BCUT2D eigenvalue weighted by molar-refractivity contribution is 7.12. The summed E-state index contributed by atoms with van der Waals surface area (Å²) in [5, 5.41) is 13.1. The lowest BCUT2D eigenvalue weighted by Crippen LogP contribution is -2.34. The molecule has 0 aliphatic heterocycles. The van der Waals surface area contributed by atoms with Crippen LogP contribution in [0, 0.1) is 6.92 Å². The second kappa shape index (κ2) is 6.36. The van der Waals surface area contributed by atoms with Crippen LogP contribution in [0.1, 0.15) is 21.7 Å². The highest BCUT2D eigenvalue weighted by atomic mass is 32.1. The van der Waals surface area contributed by atoms with Crippen LogP contribution in [0.5, 0.6) is 0 Å². The van der Waals surface area contributed by atoms with Crippen molar-refractivity contribution in [3.8, 4) is 0 Å². The molecule has 0 aliphatic rings. The molecule has 0 radical (unpaired) electrons. The number of methoxy groups -OCH3 is 1. The molecule has 0 saturated heterocycles. The normalized spacial score (nSPS) is 12.1. The number of carbonyl (C=O) groups is 2. The minimum Gasteiger partial charge on any atom is -0.481 e. The number of hydrogen-bond donors (Lipinski definition) is 2. The molecular weight excluding hydrogens is 242 g/mol. The molecule has 0 saturated carbocycles. The third-order valence-electron chi connectivity index (χ3n) is 2.29. The number of hydrogen-bond acceptors (Lipinski definition) is 4. The average Bonchev–Trinajstić information content (AvgIpc) is 2.69. The third-order valence-corrected chi connectivity index (χ3v) is 3.31. The fourth-order valence-corrected chi connectivity index (χ4v) is 2.17. The fourth-order valence-electron chi connectivity index (χ4n) is 1.33. The molecule has 0 aliphatic carbocycles. The summed E-state index contributed by atoms with van der Waals surface area (Å²) in [6.45, 7) is 2.05. The van der Waals surface area contributed by atoms with Gasteiger partial charge in [-0.15, -0.1) is 11.3 Å². The zero-order chi connectivity index (χ0) is 12.8. The first kappa shape index (κ1) is 13.7. The molecule has 0 aromatic carbocycles. The number of carboxylic acid groups (broad SMARTS) is 1. The van der Waals surface area contributed by atoms with Crippen LogP contribution in [-0.2, 0) is 9.53 Å². The maximum absolute atomic E-state index is 11.7. The van der Waals surface area contributed by atoms with Crippen molar-refractivity contribution >= 4 is 23.2 Å². The third kappa shape index (κ3) is 4.16. The second-order valence-corrected chi connectivity index (χ2v) is 4.51. The Bertz CT molecular complexity index is 402. The summed E-state index contributed by atoms with van der Waals surface area (Å²) < 4.78 is 4.97.